The Hall–Kier alpha value is -1.84. The van der Waals surface area contributed by atoms with Gasteiger partial charge in [-0.05, 0) is 19.1 Å². The van der Waals surface area contributed by atoms with Gasteiger partial charge in [-0.1, -0.05) is 0 Å². The van der Waals surface area contributed by atoms with Gasteiger partial charge in [0, 0.05) is 11.8 Å². The highest BCUT2D eigenvalue weighted by molar-refractivity contribution is 5.59. The molecule has 66 valence electrons. The normalized spacial score (nSPS) is 10.2. The van der Waals surface area contributed by atoms with E-state index >= 15 is 0 Å². The van der Waals surface area contributed by atoms with Crippen LogP contribution >= 0.6 is 0 Å². The van der Waals surface area contributed by atoms with Crippen molar-refractivity contribution in [3.05, 3.63) is 30.4 Å². The van der Waals surface area contributed by atoms with Gasteiger partial charge in [0.15, 0.2) is 12.2 Å². The van der Waals surface area contributed by atoms with Gasteiger partial charge < -0.3 is 10.2 Å². The van der Waals surface area contributed by atoms with Gasteiger partial charge in [0.05, 0.1) is 5.69 Å². The molecular weight excluding hydrogens is 166 g/mol. The van der Waals surface area contributed by atoms with E-state index in [4.69, 9.17) is 10.2 Å². The van der Waals surface area contributed by atoms with E-state index < -0.39 is 0 Å². The van der Waals surface area contributed by atoms with Crippen LogP contribution in [0.4, 0.5) is 5.82 Å². The quantitative estimate of drug-likeness (QED) is 0.715. The topological polar surface area (TPSA) is 64.9 Å². The molecule has 0 spiro atoms. The molecule has 2 aromatic rings. The molecule has 0 aliphatic carbocycles. The molecule has 0 unspecified atom stereocenters. The largest absolute Gasteiger partial charge is 0.443 e. The molecule has 2 N–H and O–H groups in total. The predicted octanol–water partition coefficient (Wildman–Crippen LogP) is 1.63. The third-order valence-corrected chi connectivity index (χ3v) is 1.79. The number of hydrogen-bond donors (Lipinski definition) is 1. The molecule has 0 aromatic carbocycles. The highest BCUT2D eigenvalue weighted by Gasteiger charge is 2.05. The van der Waals surface area contributed by atoms with E-state index in [0.29, 0.717) is 5.82 Å². The summed E-state index contributed by atoms with van der Waals surface area (Å²) in [6.07, 6.45) is 3.09. The van der Waals surface area contributed by atoms with Crippen molar-refractivity contribution in [2.75, 3.05) is 5.73 Å². The Morgan fingerprint density at radius 2 is 2.15 bits per heavy atom. The molecule has 2 aromatic heterocycles. The number of aromatic nitrogens is 2. The van der Waals surface area contributed by atoms with Crippen molar-refractivity contribution in [1.29, 1.82) is 0 Å². The fourth-order valence-corrected chi connectivity index (χ4v) is 1.12. The minimum atomic E-state index is 0.501. The summed E-state index contributed by atoms with van der Waals surface area (Å²) in [6, 6.07) is 3.59. The SMILES string of the molecule is Cc1ncoc1-c1ccc(N)nc1. The second-order valence-electron chi connectivity index (χ2n) is 2.74. The summed E-state index contributed by atoms with van der Waals surface area (Å²) >= 11 is 0. The number of oxazole rings is 1. The number of rotatable bonds is 1. The number of nitrogens with two attached hydrogens (primary N) is 1. The van der Waals surface area contributed by atoms with Crippen LogP contribution < -0.4 is 5.73 Å². The van der Waals surface area contributed by atoms with E-state index in [1.165, 1.54) is 6.39 Å². The maximum absolute atomic E-state index is 5.46. The van der Waals surface area contributed by atoms with Gasteiger partial charge in [-0.3, -0.25) is 0 Å². The van der Waals surface area contributed by atoms with Crippen LogP contribution in [0, 0.1) is 6.92 Å². The summed E-state index contributed by atoms with van der Waals surface area (Å²) in [6.45, 7) is 1.88. The molecule has 0 saturated heterocycles. The van der Waals surface area contributed by atoms with Crippen molar-refractivity contribution in [3.8, 4) is 11.3 Å². The molecule has 0 bridgehead atoms. The van der Waals surface area contributed by atoms with Gasteiger partial charge in [0.2, 0.25) is 0 Å². The molecule has 2 heterocycles. The van der Waals surface area contributed by atoms with E-state index in [1.807, 2.05) is 13.0 Å². The second-order valence-corrected chi connectivity index (χ2v) is 2.74. The Morgan fingerprint density at radius 3 is 2.69 bits per heavy atom. The van der Waals surface area contributed by atoms with Gasteiger partial charge >= 0.3 is 0 Å². The molecule has 0 aliphatic rings. The van der Waals surface area contributed by atoms with Crippen LogP contribution in [0.2, 0.25) is 0 Å². The molecule has 0 atom stereocenters. The summed E-state index contributed by atoms with van der Waals surface area (Å²) < 4.78 is 5.20. The lowest BCUT2D eigenvalue weighted by Gasteiger charge is -1.96. The number of nitrogen functional groups attached to an aromatic ring is 1. The molecule has 0 amide bonds. The van der Waals surface area contributed by atoms with Crippen molar-refractivity contribution in [3.63, 3.8) is 0 Å². The molecule has 0 radical (unpaired) electrons. The average molecular weight is 175 g/mol. The first-order valence-corrected chi connectivity index (χ1v) is 3.89. The maximum Gasteiger partial charge on any atom is 0.181 e. The van der Waals surface area contributed by atoms with Crippen LogP contribution in [0.1, 0.15) is 5.69 Å². The van der Waals surface area contributed by atoms with Gasteiger partial charge in [-0.15, -0.1) is 0 Å². The van der Waals surface area contributed by atoms with Gasteiger partial charge in [0.1, 0.15) is 5.82 Å². The molecule has 0 saturated carbocycles. The minimum Gasteiger partial charge on any atom is -0.443 e. The first-order valence-electron chi connectivity index (χ1n) is 3.89. The summed E-state index contributed by atoms with van der Waals surface area (Å²) in [7, 11) is 0. The van der Waals surface area contributed by atoms with Crippen molar-refractivity contribution in [2.45, 2.75) is 6.92 Å². The third-order valence-electron chi connectivity index (χ3n) is 1.79. The highest BCUT2D eigenvalue weighted by Crippen LogP contribution is 2.21. The fourth-order valence-electron chi connectivity index (χ4n) is 1.12. The van der Waals surface area contributed by atoms with Crippen molar-refractivity contribution in [2.24, 2.45) is 0 Å². The van der Waals surface area contributed by atoms with Crippen molar-refractivity contribution in [1.82, 2.24) is 9.97 Å². The minimum absolute atomic E-state index is 0.501. The maximum atomic E-state index is 5.46. The van der Waals surface area contributed by atoms with E-state index in [9.17, 15) is 0 Å². The van der Waals surface area contributed by atoms with Crippen LogP contribution in [0.5, 0.6) is 0 Å². The standard InChI is InChI=1S/C9H9N3O/c1-6-9(13-5-12-6)7-2-3-8(10)11-4-7/h2-5H,1H3,(H2,10,11). The Bertz CT molecular complexity index is 405. The summed E-state index contributed by atoms with van der Waals surface area (Å²) in [5.74, 6) is 1.24. The van der Waals surface area contributed by atoms with E-state index in [2.05, 4.69) is 9.97 Å². The number of hydrogen-bond acceptors (Lipinski definition) is 4. The third kappa shape index (κ3) is 1.38. The predicted molar refractivity (Wildman–Crippen MR) is 48.9 cm³/mol. The Morgan fingerprint density at radius 1 is 1.31 bits per heavy atom. The van der Waals surface area contributed by atoms with Gasteiger partial charge in [-0.2, -0.15) is 0 Å². The molecule has 0 fully saturated rings. The van der Waals surface area contributed by atoms with Crippen LogP contribution in [0.15, 0.2) is 29.1 Å². The molecular formula is C9H9N3O. The first kappa shape index (κ1) is 7.79. The van der Waals surface area contributed by atoms with Crippen LogP contribution in [-0.2, 0) is 0 Å². The van der Waals surface area contributed by atoms with E-state index in [-0.39, 0.29) is 0 Å². The smallest absolute Gasteiger partial charge is 0.181 e. The Labute approximate surface area is 75.4 Å². The average Bonchev–Trinajstić information content (AvgIpc) is 2.53. The summed E-state index contributed by atoms with van der Waals surface area (Å²) in [5.41, 5.74) is 7.21. The first-order chi connectivity index (χ1) is 6.27. The van der Waals surface area contributed by atoms with Crippen LogP contribution in [-0.4, -0.2) is 9.97 Å². The fraction of sp³-hybridized carbons (Fsp3) is 0.111. The van der Waals surface area contributed by atoms with Crippen molar-refractivity contribution >= 4 is 5.82 Å². The second kappa shape index (κ2) is 2.90. The van der Waals surface area contributed by atoms with Gasteiger partial charge in [-0.25, -0.2) is 9.97 Å². The molecule has 2 rings (SSSR count). The van der Waals surface area contributed by atoms with E-state index in [0.717, 1.165) is 17.0 Å². The zero-order valence-electron chi connectivity index (χ0n) is 7.19. The monoisotopic (exact) mass is 175 g/mol. The Balaban J connectivity index is 2.47. The zero-order chi connectivity index (χ0) is 9.26. The summed E-state index contributed by atoms with van der Waals surface area (Å²) in [5, 5.41) is 0. The van der Waals surface area contributed by atoms with Crippen LogP contribution in [0.3, 0.4) is 0 Å². The highest BCUT2D eigenvalue weighted by atomic mass is 16.3. The number of pyridine rings is 1. The molecule has 0 aliphatic heterocycles. The van der Waals surface area contributed by atoms with Crippen LogP contribution in [0.25, 0.3) is 11.3 Å². The number of aryl methyl sites for hydroxylation is 1. The molecule has 4 nitrogen and oxygen atoms in total. The summed E-state index contributed by atoms with van der Waals surface area (Å²) in [4.78, 5) is 7.96. The lowest BCUT2D eigenvalue weighted by atomic mass is 10.2. The number of nitrogens with zero attached hydrogens (tertiary/aromatic N) is 2. The Kier molecular flexibility index (Phi) is 1.73. The van der Waals surface area contributed by atoms with Gasteiger partial charge in [0.25, 0.3) is 0 Å². The van der Waals surface area contributed by atoms with Crippen molar-refractivity contribution < 1.29 is 4.42 Å². The molecule has 4 heteroatoms. The molecule has 13 heavy (non-hydrogen) atoms. The number of anilines is 1. The lowest BCUT2D eigenvalue weighted by Crippen LogP contribution is -1.88. The zero-order valence-corrected chi connectivity index (χ0v) is 7.19. The van der Waals surface area contributed by atoms with E-state index in [1.54, 1.807) is 12.3 Å². The lowest BCUT2D eigenvalue weighted by molar-refractivity contribution is 0.571.